The number of carbonyl (C=O) groups excluding carboxylic acids is 2. The Morgan fingerprint density at radius 2 is 1.75 bits per heavy atom. The Kier molecular flexibility index (Phi) is 7.95. The summed E-state index contributed by atoms with van der Waals surface area (Å²) in [6.07, 6.45) is 0. The van der Waals surface area contributed by atoms with E-state index in [1.165, 1.54) is 20.3 Å². The highest BCUT2D eigenvalue weighted by Crippen LogP contribution is 2.18. The Morgan fingerprint density at radius 1 is 1.07 bits per heavy atom. The molecule has 0 aliphatic carbocycles. The van der Waals surface area contributed by atoms with Crippen LogP contribution in [0.5, 0.6) is 5.75 Å². The Balaban J connectivity index is 1.86. The van der Waals surface area contributed by atoms with E-state index in [9.17, 15) is 14.0 Å². The summed E-state index contributed by atoms with van der Waals surface area (Å²) < 4.78 is 23.4. The topological polar surface area (TPSA) is 67.9 Å². The summed E-state index contributed by atoms with van der Waals surface area (Å²) in [5.74, 6) is -0.754. The van der Waals surface area contributed by atoms with Crippen LogP contribution in [0, 0.1) is 5.82 Å². The lowest BCUT2D eigenvalue weighted by molar-refractivity contribution is -0.122. The van der Waals surface area contributed by atoms with Gasteiger partial charge in [0.2, 0.25) is 5.91 Å². The fraction of sp³-hybridized carbons (Fsp3) is 0.333. The van der Waals surface area contributed by atoms with Gasteiger partial charge in [0, 0.05) is 13.1 Å². The maximum absolute atomic E-state index is 13.8. The molecule has 0 saturated carbocycles. The second-order valence-electron chi connectivity index (χ2n) is 6.24. The van der Waals surface area contributed by atoms with Crippen LogP contribution in [0.3, 0.4) is 0 Å². The van der Waals surface area contributed by atoms with Crippen LogP contribution in [-0.4, -0.2) is 44.1 Å². The van der Waals surface area contributed by atoms with Crippen molar-refractivity contribution < 1.29 is 23.5 Å². The molecule has 1 N–H and O–H groups in total. The van der Waals surface area contributed by atoms with E-state index in [1.54, 1.807) is 36.4 Å². The second-order valence-corrected chi connectivity index (χ2v) is 6.24. The van der Waals surface area contributed by atoms with Crippen molar-refractivity contribution in [1.29, 1.82) is 0 Å². The summed E-state index contributed by atoms with van der Waals surface area (Å²) in [6.45, 7) is 3.60. The standard InChI is InChI=1S/C21H25FN2O4/c1-4-24(13-16-7-10-19(27-2)18(22)11-16)14-20(25)23-12-15-5-8-17(9-6-15)21(26)28-3/h5-11H,4,12-14H2,1-3H3,(H,23,25). The maximum atomic E-state index is 13.8. The van der Waals surface area contributed by atoms with Crippen LogP contribution in [0.2, 0.25) is 0 Å². The molecule has 0 bridgehead atoms. The van der Waals surface area contributed by atoms with Gasteiger partial charge in [-0.15, -0.1) is 0 Å². The zero-order chi connectivity index (χ0) is 20.5. The van der Waals surface area contributed by atoms with E-state index in [-0.39, 0.29) is 18.2 Å². The van der Waals surface area contributed by atoms with Gasteiger partial charge >= 0.3 is 5.97 Å². The lowest BCUT2D eigenvalue weighted by Gasteiger charge is -2.20. The molecule has 1 amide bonds. The van der Waals surface area contributed by atoms with Gasteiger partial charge < -0.3 is 14.8 Å². The largest absolute Gasteiger partial charge is 0.494 e. The first kappa shape index (κ1) is 21.4. The molecule has 7 heteroatoms. The van der Waals surface area contributed by atoms with Gasteiger partial charge in [-0.25, -0.2) is 9.18 Å². The molecule has 0 saturated heterocycles. The summed E-state index contributed by atoms with van der Waals surface area (Å²) in [4.78, 5) is 25.6. The van der Waals surface area contributed by atoms with Crippen LogP contribution in [-0.2, 0) is 22.6 Å². The number of benzene rings is 2. The van der Waals surface area contributed by atoms with E-state index in [2.05, 4.69) is 10.1 Å². The molecule has 0 unspecified atom stereocenters. The third-order valence-corrected chi connectivity index (χ3v) is 4.30. The average Bonchev–Trinajstić information content (AvgIpc) is 2.71. The quantitative estimate of drug-likeness (QED) is 0.669. The van der Waals surface area contributed by atoms with E-state index < -0.39 is 11.8 Å². The molecule has 150 valence electrons. The van der Waals surface area contributed by atoms with Gasteiger partial charge in [-0.1, -0.05) is 25.1 Å². The molecule has 6 nitrogen and oxygen atoms in total. The minimum Gasteiger partial charge on any atom is -0.494 e. The minimum absolute atomic E-state index is 0.132. The number of carbonyl (C=O) groups is 2. The van der Waals surface area contributed by atoms with Crippen molar-refractivity contribution in [2.45, 2.75) is 20.0 Å². The first-order valence-electron chi connectivity index (χ1n) is 8.95. The summed E-state index contributed by atoms with van der Waals surface area (Å²) >= 11 is 0. The summed E-state index contributed by atoms with van der Waals surface area (Å²) in [7, 11) is 2.75. The van der Waals surface area contributed by atoms with Crippen molar-refractivity contribution in [3.8, 4) is 5.75 Å². The Hall–Kier alpha value is -2.93. The van der Waals surface area contributed by atoms with Gasteiger partial charge in [-0.3, -0.25) is 9.69 Å². The number of hydrogen-bond donors (Lipinski definition) is 1. The predicted molar refractivity (Wildman–Crippen MR) is 104 cm³/mol. The van der Waals surface area contributed by atoms with Crippen molar-refractivity contribution >= 4 is 11.9 Å². The van der Waals surface area contributed by atoms with Gasteiger partial charge in [0.15, 0.2) is 11.6 Å². The van der Waals surface area contributed by atoms with Crippen molar-refractivity contribution in [3.63, 3.8) is 0 Å². The number of nitrogens with one attached hydrogen (secondary N) is 1. The molecule has 0 heterocycles. The van der Waals surface area contributed by atoms with E-state index in [0.717, 1.165) is 11.1 Å². The highest BCUT2D eigenvalue weighted by Gasteiger charge is 2.12. The SMILES string of the molecule is CCN(CC(=O)NCc1ccc(C(=O)OC)cc1)Cc1ccc(OC)c(F)c1. The molecule has 0 aromatic heterocycles. The van der Waals surface area contributed by atoms with Crippen LogP contribution in [0.1, 0.15) is 28.4 Å². The van der Waals surface area contributed by atoms with Crippen molar-refractivity contribution in [2.75, 3.05) is 27.3 Å². The number of amides is 1. The number of hydrogen-bond acceptors (Lipinski definition) is 5. The van der Waals surface area contributed by atoms with Crippen LogP contribution in [0.25, 0.3) is 0 Å². The molecule has 0 aliphatic rings. The van der Waals surface area contributed by atoms with Crippen LogP contribution in [0.15, 0.2) is 42.5 Å². The average molecular weight is 388 g/mol. The maximum Gasteiger partial charge on any atom is 0.337 e. The number of rotatable bonds is 9. The number of halogens is 1. The molecule has 2 aromatic rings. The molecule has 0 spiro atoms. The van der Waals surface area contributed by atoms with E-state index in [4.69, 9.17) is 4.74 Å². The molecule has 2 rings (SSSR count). The van der Waals surface area contributed by atoms with Gasteiger partial charge in [0.05, 0.1) is 26.3 Å². The van der Waals surface area contributed by atoms with E-state index >= 15 is 0 Å². The normalized spacial score (nSPS) is 10.6. The smallest absolute Gasteiger partial charge is 0.337 e. The fourth-order valence-corrected chi connectivity index (χ4v) is 2.68. The van der Waals surface area contributed by atoms with Gasteiger partial charge in [-0.05, 0) is 41.9 Å². The van der Waals surface area contributed by atoms with Crippen molar-refractivity contribution in [1.82, 2.24) is 10.2 Å². The van der Waals surface area contributed by atoms with Crippen LogP contribution in [0.4, 0.5) is 4.39 Å². The zero-order valence-electron chi connectivity index (χ0n) is 16.3. The van der Waals surface area contributed by atoms with E-state index in [0.29, 0.717) is 25.2 Å². The fourth-order valence-electron chi connectivity index (χ4n) is 2.68. The molecule has 0 fully saturated rings. The third kappa shape index (κ3) is 6.06. The highest BCUT2D eigenvalue weighted by molar-refractivity contribution is 5.89. The van der Waals surface area contributed by atoms with Gasteiger partial charge in [0.25, 0.3) is 0 Å². The van der Waals surface area contributed by atoms with Crippen LogP contribution >= 0.6 is 0 Å². The molecule has 2 aromatic carbocycles. The molecule has 0 aliphatic heterocycles. The van der Waals surface area contributed by atoms with Crippen molar-refractivity contribution in [2.24, 2.45) is 0 Å². The number of esters is 1. The van der Waals surface area contributed by atoms with Crippen LogP contribution < -0.4 is 10.1 Å². The Morgan fingerprint density at radius 3 is 2.32 bits per heavy atom. The first-order valence-corrected chi connectivity index (χ1v) is 8.95. The number of likely N-dealkylation sites (N-methyl/N-ethyl adjacent to an activating group) is 1. The summed E-state index contributed by atoms with van der Waals surface area (Å²) in [6, 6.07) is 11.6. The van der Waals surface area contributed by atoms with Gasteiger partial charge in [0.1, 0.15) is 0 Å². The van der Waals surface area contributed by atoms with Gasteiger partial charge in [-0.2, -0.15) is 0 Å². The highest BCUT2D eigenvalue weighted by atomic mass is 19.1. The zero-order valence-corrected chi connectivity index (χ0v) is 16.3. The number of ether oxygens (including phenoxy) is 2. The van der Waals surface area contributed by atoms with E-state index in [1.807, 2.05) is 11.8 Å². The first-order chi connectivity index (χ1) is 13.5. The predicted octanol–water partition coefficient (Wildman–Crippen LogP) is 2.76. The summed E-state index contributed by atoms with van der Waals surface area (Å²) in [5, 5.41) is 2.85. The molecule has 28 heavy (non-hydrogen) atoms. The molecular formula is C21H25FN2O4. The second kappa shape index (κ2) is 10.4. The molecule has 0 atom stereocenters. The third-order valence-electron chi connectivity index (χ3n) is 4.30. The Bertz CT molecular complexity index is 809. The molecular weight excluding hydrogens is 363 g/mol. The minimum atomic E-state index is -0.420. The monoisotopic (exact) mass is 388 g/mol. The number of methoxy groups -OCH3 is 2. The number of nitrogens with zero attached hydrogens (tertiary/aromatic N) is 1. The summed E-state index contributed by atoms with van der Waals surface area (Å²) in [5.41, 5.74) is 2.11. The lowest BCUT2D eigenvalue weighted by atomic mass is 10.1. The molecule has 0 radical (unpaired) electrons. The Labute approximate surface area is 164 Å². The van der Waals surface area contributed by atoms with Crippen molar-refractivity contribution in [3.05, 3.63) is 65.0 Å². The lowest BCUT2D eigenvalue weighted by Crippen LogP contribution is -2.36.